The standard InChI is InChI=1S/C21H23FN4O4/c1-12-5-4-6-16(22)15(12)10-30-14-7-8-26-17(9-14)18(13(2)25-26)19(28)24-21(3,11-27)20(23)29/h4-9,27H,10-11H2,1-3H3,(H2,23,29)(H,24,28). The van der Waals surface area contributed by atoms with Crippen molar-refractivity contribution in [2.24, 2.45) is 5.73 Å². The number of pyridine rings is 1. The number of aliphatic hydroxyl groups is 1. The molecule has 0 spiro atoms. The molecule has 1 atom stereocenters. The molecule has 3 rings (SSSR count). The van der Waals surface area contributed by atoms with Gasteiger partial charge in [-0.15, -0.1) is 0 Å². The molecule has 3 aromatic rings. The molecule has 0 aliphatic carbocycles. The zero-order valence-electron chi connectivity index (χ0n) is 16.9. The van der Waals surface area contributed by atoms with Crippen LogP contribution < -0.4 is 15.8 Å². The second-order valence-corrected chi connectivity index (χ2v) is 7.29. The van der Waals surface area contributed by atoms with Crippen molar-refractivity contribution in [2.75, 3.05) is 6.61 Å². The second kappa shape index (κ2) is 8.11. The predicted octanol–water partition coefficient (Wildman–Crippen LogP) is 1.64. The van der Waals surface area contributed by atoms with Gasteiger partial charge in [0.25, 0.3) is 5.91 Å². The van der Waals surface area contributed by atoms with Crippen molar-refractivity contribution in [2.45, 2.75) is 32.9 Å². The maximum absolute atomic E-state index is 14.0. The summed E-state index contributed by atoms with van der Waals surface area (Å²) in [5, 5.41) is 16.2. The summed E-state index contributed by atoms with van der Waals surface area (Å²) >= 11 is 0. The summed E-state index contributed by atoms with van der Waals surface area (Å²) in [4.78, 5) is 24.4. The van der Waals surface area contributed by atoms with Gasteiger partial charge >= 0.3 is 0 Å². The molecule has 158 valence electrons. The molecular weight excluding hydrogens is 391 g/mol. The van der Waals surface area contributed by atoms with Crippen molar-refractivity contribution >= 4 is 17.3 Å². The molecule has 2 heterocycles. The predicted molar refractivity (Wildman–Crippen MR) is 108 cm³/mol. The van der Waals surface area contributed by atoms with Gasteiger partial charge in [-0.25, -0.2) is 8.91 Å². The van der Waals surface area contributed by atoms with Gasteiger partial charge in [0.05, 0.1) is 23.4 Å². The van der Waals surface area contributed by atoms with Gasteiger partial charge in [0.15, 0.2) is 0 Å². The number of nitrogens with one attached hydrogen (secondary N) is 1. The number of benzene rings is 1. The molecule has 4 N–H and O–H groups in total. The average Bonchev–Trinajstić information content (AvgIpc) is 3.02. The Hall–Kier alpha value is -3.46. The van der Waals surface area contributed by atoms with Gasteiger partial charge in [-0.3, -0.25) is 9.59 Å². The third-order valence-electron chi connectivity index (χ3n) is 4.99. The van der Waals surface area contributed by atoms with Gasteiger partial charge in [-0.1, -0.05) is 12.1 Å². The summed E-state index contributed by atoms with van der Waals surface area (Å²) in [6, 6.07) is 8.05. The topological polar surface area (TPSA) is 119 Å². The molecule has 30 heavy (non-hydrogen) atoms. The monoisotopic (exact) mass is 414 g/mol. The Morgan fingerprint density at radius 3 is 2.70 bits per heavy atom. The van der Waals surface area contributed by atoms with E-state index in [9.17, 15) is 19.1 Å². The fourth-order valence-electron chi connectivity index (χ4n) is 3.01. The number of primary amides is 1. The van der Waals surface area contributed by atoms with Crippen molar-refractivity contribution in [3.8, 4) is 5.75 Å². The lowest BCUT2D eigenvalue weighted by molar-refractivity contribution is -0.124. The van der Waals surface area contributed by atoms with Crippen LogP contribution in [0.2, 0.25) is 0 Å². The van der Waals surface area contributed by atoms with E-state index >= 15 is 0 Å². The molecule has 2 aromatic heterocycles. The van der Waals surface area contributed by atoms with Gasteiger partial charge in [0, 0.05) is 17.8 Å². The Kier molecular flexibility index (Phi) is 5.75. The Balaban J connectivity index is 1.91. The minimum atomic E-state index is -1.62. The Bertz CT molecular complexity index is 1110. The van der Waals surface area contributed by atoms with E-state index in [1.807, 2.05) is 0 Å². The molecule has 1 unspecified atom stereocenters. The molecule has 2 amide bonds. The smallest absolute Gasteiger partial charge is 0.256 e. The molecule has 8 nitrogen and oxygen atoms in total. The normalized spacial score (nSPS) is 13.1. The number of nitrogens with zero attached hydrogens (tertiary/aromatic N) is 2. The summed E-state index contributed by atoms with van der Waals surface area (Å²) in [6.45, 7) is 4.14. The fourth-order valence-corrected chi connectivity index (χ4v) is 3.01. The maximum Gasteiger partial charge on any atom is 0.256 e. The van der Waals surface area contributed by atoms with E-state index in [2.05, 4.69) is 10.4 Å². The lowest BCUT2D eigenvalue weighted by Crippen LogP contribution is -2.57. The fraction of sp³-hybridized carbons (Fsp3) is 0.286. The van der Waals surface area contributed by atoms with Crippen molar-refractivity contribution in [3.05, 3.63) is 64.7 Å². The number of rotatable bonds is 7. The first-order valence-electron chi connectivity index (χ1n) is 9.25. The van der Waals surface area contributed by atoms with Gasteiger partial charge in [-0.2, -0.15) is 5.10 Å². The van der Waals surface area contributed by atoms with Gasteiger partial charge < -0.3 is 20.9 Å². The van der Waals surface area contributed by atoms with E-state index in [1.54, 1.807) is 44.3 Å². The Morgan fingerprint density at radius 2 is 2.07 bits per heavy atom. The second-order valence-electron chi connectivity index (χ2n) is 7.29. The van der Waals surface area contributed by atoms with E-state index in [0.717, 1.165) is 5.56 Å². The lowest BCUT2D eigenvalue weighted by atomic mass is 10.0. The first-order valence-corrected chi connectivity index (χ1v) is 9.25. The largest absolute Gasteiger partial charge is 0.489 e. The van der Waals surface area contributed by atoms with Gasteiger partial charge in [0.2, 0.25) is 5.91 Å². The number of carbonyl (C=O) groups is 2. The maximum atomic E-state index is 14.0. The number of amides is 2. The summed E-state index contributed by atoms with van der Waals surface area (Å²) in [5.41, 5.74) is 5.95. The van der Waals surface area contributed by atoms with Crippen LogP contribution in [0.15, 0.2) is 36.5 Å². The van der Waals surface area contributed by atoms with Crippen LogP contribution in [0.25, 0.3) is 5.52 Å². The average molecular weight is 414 g/mol. The number of ether oxygens (including phenoxy) is 1. The number of aryl methyl sites for hydroxylation is 2. The summed E-state index contributed by atoms with van der Waals surface area (Å²) in [5.74, 6) is -1.42. The highest BCUT2D eigenvalue weighted by molar-refractivity contribution is 6.04. The number of halogens is 1. The van der Waals surface area contributed by atoms with E-state index < -0.39 is 24.0 Å². The van der Waals surface area contributed by atoms with Crippen LogP contribution in [-0.4, -0.2) is 38.7 Å². The van der Waals surface area contributed by atoms with Crippen LogP contribution in [0.1, 0.15) is 34.1 Å². The summed E-state index contributed by atoms with van der Waals surface area (Å²) < 4.78 is 21.3. The van der Waals surface area contributed by atoms with Gasteiger partial charge in [-0.05, 0) is 38.5 Å². The van der Waals surface area contributed by atoms with E-state index in [1.165, 1.54) is 17.5 Å². The van der Waals surface area contributed by atoms with Crippen LogP contribution in [0, 0.1) is 19.7 Å². The molecule has 0 aliphatic rings. The molecule has 0 bridgehead atoms. The van der Waals surface area contributed by atoms with Crippen LogP contribution >= 0.6 is 0 Å². The molecule has 0 saturated heterocycles. The van der Waals surface area contributed by atoms with Crippen LogP contribution in [-0.2, 0) is 11.4 Å². The highest BCUT2D eigenvalue weighted by Crippen LogP contribution is 2.23. The molecule has 0 fully saturated rings. The molecule has 9 heteroatoms. The molecule has 0 aliphatic heterocycles. The summed E-state index contributed by atoms with van der Waals surface area (Å²) in [6.07, 6.45) is 1.61. The molecule has 0 saturated carbocycles. The van der Waals surface area contributed by atoms with E-state index in [4.69, 9.17) is 10.5 Å². The Morgan fingerprint density at radius 1 is 1.33 bits per heavy atom. The third kappa shape index (κ3) is 3.97. The van der Waals surface area contributed by atoms with Crippen molar-refractivity contribution in [3.63, 3.8) is 0 Å². The number of carbonyl (C=O) groups excluding carboxylic acids is 2. The Labute approximate surface area is 172 Å². The van der Waals surface area contributed by atoms with E-state index in [0.29, 0.717) is 22.5 Å². The zero-order valence-corrected chi connectivity index (χ0v) is 16.9. The minimum Gasteiger partial charge on any atom is -0.489 e. The van der Waals surface area contributed by atoms with Gasteiger partial charge in [0.1, 0.15) is 23.7 Å². The highest BCUT2D eigenvalue weighted by Gasteiger charge is 2.34. The number of hydrogen-bond acceptors (Lipinski definition) is 5. The van der Waals surface area contributed by atoms with Crippen molar-refractivity contribution in [1.82, 2.24) is 14.9 Å². The number of nitrogens with two attached hydrogens (primary N) is 1. The summed E-state index contributed by atoms with van der Waals surface area (Å²) in [7, 11) is 0. The number of hydrogen-bond donors (Lipinski definition) is 3. The third-order valence-corrected chi connectivity index (χ3v) is 4.99. The van der Waals surface area contributed by atoms with Crippen molar-refractivity contribution in [1.29, 1.82) is 0 Å². The van der Waals surface area contributed by atoms with E-state index in [-0.39, 0.29) is 18.0 Å². The molecular formula is C21H23FN4O4. The number of aliphatic hydroxyl groups excluding tert-OH is 1. The van der Waals surface area contributed by atoms with Crippen LogP contribution in [0.4, 0.5) is 4.39 Å². The van der Waals surface area contributed by atoms with Crippen LogP contribution in [0.3, 0.4) is 0 Å². The van der Waals surface area contributed by atoms with Crippen LogP contribution in [0.5, 0.6) is 5.75 Å². The molecule has 1 aromatic carbocycles. The zero-order chi connectivity index (χ0) is 22.1. The molecule has 0 radical (unpaired) electrons. The SMILES string of the molecule is Cc1cccc(F)c1COc1ccn2nc(C)c(C(=O)NC(C)(CO)C(N)=O)c2c1. The van der Waals surface area contributed by atoms with Crippen molar-refractivity contribution < 1.29 is 23.8 Å². The quantitative estimate of drug-likeness (QED) is 0.543. The minimum absolute atomic E-state index is 0.0214. The number of fused-ring (bicyclic) bond motifs is 1. The number of aromatic nitrogens is 2. The first-order chi connectivity index (χ1) is 14.2. The highest BCUT2D eigenvalue weighted by atomic mass is 19.1. The first kappa shape index (κ1) is 21.3. The lowest BCUT2D eigenvalue weighted by Gasteiger charge is -2.24.